The molecule has 0 aliphatic carbocycles. The van der Waals surface area contributed by atoms with Crippen LogP contribution in [-0.2, 0) is 16.1 Å². The number of benzene rings is 2. The molecule has 2 rings (SSSR count). The van der Waals surface area contributed by atoms with E-state index in [0.717, 1.165) is 5.56 Å². The summed E-state index contributed by atoms with van der Waals surface area (Å²) in [6.45, 7) is 1.79. The van der Waals surface area contributed by atoms with Crippen LogP contribution in [0.2, 0.25) is 0 Å². The summed E-state index contributed by atoms with van der Waals surface area (Å²) in [5.74, 6) is -2.29. The molecular weight excluding hydrogens is 304 g/mol. The Hall–Kier alpha value is -2.99. The van der Waals surface area contributed by atoms with Gasteiger partial charge in [-0.1, -0.05) is 30.3 Å². The number of carbonyl (C=O) groups excluding carboxylic acids is 2. The molecule has 2 aromatic carbocycles. The van der Waals surface area contributed by atoms with Crippen LogP contribution in [0.1, 0.15) is 12.5 Å². The molecular formula is C18H20N4O2. The average molecular weight is 324 g/mol. The number of nitrogens with two attached hydrogens (primary N) is 1. The highest BCUT2D eigenvalue weighted by atomic mass is 16.2. The van der Waals surface area contributed by atoms with Gasteiger partial charge in [0.15, 0.2) is 5.92 Å². The maximum absolute atomic E-state index is 12.4. The molecule has 124 valence electrons. The van der Waals surface area contributed by atoms with Crippen molar-refractivity contribution in [3.63, 3.8) is 0 Å². The minimum absolute atomic E-state index is 0.0316. The van der Waals surface area contributed by atoms with Crippen molar-refractivity contribution in [2.75, 3.05) is 10.6 Å². The first kappa shape index (κ1) is 17.4. The molecule has 0 spiro atoms. The van der Waals surface area contributed by atoms with Crippen molar-refractivity contribution in [1.82, 2.24) is 0 Å². The first-order valence-electron chi connectivity index (χ1n) is 7.52. The van der Waals surface area contributed by atoms with Crippen LogP contribution in [0.15, 0.2) is 54.6 Å². The second-order valence-electron chi connectivity index (χ2n) is 5.37. The van der Waals surface area contributed by atoms with E-state index in [1.807, 2.05) is 12.1 Å². The molecule has 0 radical (unpaired) electrons. The van der Waals surface area contributed by atoms with Gasteiger partial charge >= 0.3 is 0 Å². The lowest BCUT2D eigenvalue weighted by molar-refractivity contribution is -0.126. The molecule has 0 aromatic heterocycles. The van der Waals surface area contributed by atoms with Crippen LogP contribution >= 0.6 is 0 Å². The van der Waals surface area contributed by atoms with E-state index in [0.29, 0.717) is 17.9 Å². The van der Waals surface area contributed by atoms with E-state index in [4.69, 9.17) is 11.1 Å². The van der Waals surface area contributed by atoms with E-state index in [1.54, 1.807) is 42.5 Å². The standard InChI is InChI=1S/C18H20N4O2/c1-12(20)16(17(23)21-14-7-3-2-4-8-14)18(24)22-15-9-5-6-13(10-15)11-19/h2-10,16,20H,11,19H2,1H3,(H,21,23)(H,22,24). The van der Waals surface area contributed by atoms with Gasteiger partial charge in [0, 0.05) is 23.6 Å². The number of amides is 2. The minimum Gasteiger partial charge on any atom is -0.326 e. The summed E-state index contributed by atoms with van der Waals surface area (Å²) >= 11 is 0. The molecule has 2 amide bonds. The smallest absolute Gasteiger partial charge is 0.242 e. The largest absolute Gasteiger partial charge is 0.326 e. The fourth-order valence-electron chi connectivity index (χ4n) is 2.24. The van der Waals surface area contributed by atoms with Crippen LogP contribution < -0.4 is 16.4 Å². The van der Waals surface area contributed by atoms with Crippen LogP contribution in [0.3, 0.4) is 0 Å². The Labute approximate surface area is 140 Å². The van der Waals surface area contributed by atoms with Crippen molar-refractivity contribution in [2.24, 2.45) is 11.7 Å². The molecule has 0 saturated carbocycles. The Bertz CT molecular complexity index is 744. The highest BCUT2D eigenvalue weighted by Crippen LogP contribution is 2.14. The second-order valence-corrected chi connectivity index (χ2v) is 5.37. The topological polar surface area (TPSA) is 108 Å². The van der Waals surface area contributed by atoms with Gasteiger partial charge in [0.05, 0.1) is 0 Å². The first-order chi connectivity index (χ1) is 11.5. The summed E-state index contributed by atoms with van der Waals surface area (Å²) in [6.07, 6.45) is 0. The molecule has 0 aliphatic heterocycles. The van der Waals surface area contributed by atoms with E-state index in [-0.39, 0.29) is 5.71 Å². The Morgan fingerprint density at radius 3 is 2.17 bits per heavy atom. The number of anilines is 2. The molecule has 0 fully saturated rings. The average Bonchev–Trinajstić information content (AvgIpc) is 2.55. The van der Waals surface area contributed by atoms with Gasteiger partial charge in [-0.05, 0) is 36.8 Å². The fraction of sp³-hybridized carbons (Fsp3) is 0.167. The summed E-state index contributed by atoms with van der Waals surface area (Å²) < 4.78 is 0. The van der Waals surface area contributed by atoms with Crippen molar-refractivity contribution in [3.8, 4) is 0 Å². The Balaban J connectivity index is 2.12. The van der Waals surface area contributed by atoms with Gasteiger partial charge < -0.3 is 21.8 Å². The molecule has 1 unspecified atom stereocenters. The number of para-hydroxylation sites is 1. The Morgan fingerprint density at radius 1 is 1.00 bits per heavy atom. The number of carbonyl (C=O) groups is 2. The lowest BCUT2D eigenvalue weighted by atomic mass is 10.0. The molecule has 24 heavy (non-hydrogen) atoms. The van der Waals surface area contributed by atoms with E-state index in [1.165, 1.54) is 6.92 Å². The van der Waals surface area contributed by atoms with Crippen molar-refractivity contribution in [1.29, 1.82) is 5.41 Å². The summed E-state index contributed by atoms with van der Waals surface area (Å²) in [4.78, 5) is 24.8. The predicted molar refractivity (Wildman–Crippen MR) is 94.9 cm³/mol. The van der Waals surface area contributed by atoms with Gasteiger partial charge in [-0.15, -0.1) is 0 Å². The van der Waals surface area contributed by atoms with E-state index < -0.39 is 17.7 Å². The zero-order valence-corrected chi connectivity index (χ0v) is 13.4. The molecule has 0 saturated heterocycles. The van der Waals surface area contributed by atoms with Crippen LogP contribution in [0.25, 0.3) is 0 Å². The van der Waals surface area contributed by atoms with Gasteiger partial charge in [-0.2, -0.15) is 0 Å². The highest BCUT2D eigenvalue weighted by Gasteiger charge is 2.29. The van der Waals surface area contributed by atoms with Gasteiger partial charge in [0.1, 0.15) is 0 Å². The van der Waals surface area contributed by atoms with E-state index >= 15 is 0 Å². The summed E-state index contributed by atoms with van der Waals surface area (Å²) in [7, 11) is 0. The zero-order valence-electron chi connectivity index (χ0n) is 13.4. The van der Waals surface area contributed by atoms with Crippen molar-refractivity contribution in [2.45, 2.75) is 13.5 Å². The van der Waals surface area contributed by atoms with E-state index in [2.05, 4.69) is 10.6 Å². The molecule has 6 heteroatoms. The maximum atomic E-state index is 12.4. The lowest BCUT2D eigenvalue weighted by Gasteiger charge is -2.16. The normalized spacial score (nSPS) is 11.4. The summed E-state index contributed by atoms with van der Waals surface area (Å²) in [5.41, 5.74) is 7.53. The second kappa shape index (κ2) is 8.03. The summed E-state index contributed by atoms with van der Waals surface area (Å²) in [5, 5.41) is 13.1. The third-order valence-corrected chi connectivity index (χ3v) is 3.43. The van der Waals surface area contributed by atoms with E-state index in [9.17, 15) is 9.59 Å². The number of hydrogen-bond donors (Lipinski definition) is 4. The molecule has 6 nitrogen and oxygen atoms in total. The van der Waals surface area contributed by atoms with Gasteiger partial charge in [-0.3, -0.25) is 9.59 Å². The number of rotatable bonds is 6. The molecule has 0 aliphatic rings. The quantitative estimate of drug-likeness (QED) is 0.484. The monoisotopic (exact) mass is 324 g/mol. The Kier molecular flexibility index (Phi) is 5.81. The minimum atomic E-state index is -1.20. The lowest BCUT2D eigenvalue weighted by Crippen LogP contribution is -2.38. The molecule has 0 bridgehead atoms. The third-order valence-electron chi connectivity index (χ3n) is 3.43. The molecule has 0 heterocycles. The van der Waals surface area contributed by atoms with Crippen LogP contribution in [0.5, 0.6) is 0 Å². The maximum Gasteiger partial charge on any atom is 0.242 e. The Morgan fingerprint density at radius 2 is 1.58 bits per heavy atom. The van der Waals surface area contributed by atoms with Crippen molar-refractivity contribution < 1.29 is 9.59 Å². The fourth-order valence-corrected chi connectivity index (χ4v) is 2.24. The first-order valence-corrected chi connectivity index (χ1v) is 7.52. The van der Waals surface area contributed by atoms with Crippen molar-refractivity contribution >= 4 is 28.9 Å². The van der Waals surface area contributed by atoms with Gasteiger partial charge in [0.2, 0.25) is 11.8 Å². The van der Waals surface area contributed by atoms with Gasteiger partial charge in [0.25, 0.3) is 0 Å². The van der Waals surface area contributed by atoms with Crippen LogP contribution in [0, 0.1) is 11.3 Å². The zero-order chi connectivity index (χ0) is 17.5. The van der Waals surface area contributed by atoms with Gasteiger partial charge in [-0.25, -0.2) is 0 Å². The molecule has 5 N–H and O–H groups in total. The molecule has 2 aromatic rings. The predicted octanol–water partition coefficient (Wildman–Crippen LogP) is 2.38. The number of nitrogens with one attached hydrogen (secondary N) is 3. The SMILES string of the molecule is CC(=N)C(C(=O)Nc1ccccc1)C(=O)Nc1cccc(CN)c1. The highest BCUT2D eigenvalue weighted by molar-refractivity contribution is 6.24. The third kappa shape index (κ3) is 4.50. The van der Waals surface area contributed by atoms with Crippen LogP contribution in [0.4, 0.5) is 11.4 Å². The van der Waals surface area contributed by atoms with Crippen LogP contribution in [-0.4, -0.2) is 17.5 Å². The number of hydrogen-bond acceptors (Lipinski definition) is 4. The van der Waals surface area contributed by atoms with Crippen molar-refractivity contribution in [3.05, 3.63) is 60.2 Å². The summed E-state index contributed by atoms with van der Waals surface area (Å²) in [6, 6.07) is 15.9. The molecule has 1 atom stereocenters.